The van der Waals surface area contributed by atoms with E-state index in [0.29, 0.717) is 10.0 Å². The quantitative estimate of drug-likeness (QED) is 0.765. The maximum Gasteiger partial charge on any atom is 0.265 e. The average molecular weight is 336 g/mol. The Balaban J connectivity index is 2.32. The second kappa shape index (κ2) is 5.15. The third-order valence-corrected chi connectivity index (χ3v) is 4.20. The zero-order valence-corrected chi connectivity index (χ0v) is 11.9. The van der Waals surface area contributed by atoms with Gasteiger partial charge in [-0.15, -0.1) is 0 Å². The van der Waals surface area contributed by atoms with Gasteiger partial charge in [0.25, 0.3) is 11.8 Å². The molecule has 0 spiro atoms. The van der Waals surface area contributed by atoms with Gasteiger partial charge in [0.2, 0.25) is 0 Å². The molecule has 0 atom stereocenters. The molecule has 0 unspecified atom stereocenters. The zero-order chi connectivity index (χ0) is 14.2. The summed E-state index contributed by atoms with van der Waals surface area (Å²) in [6.07, 6.45) is -0.00194. The predicted molar refractivity (Wildman–Crippen MR) is 68.9 cm³/mol. The Morgan fingerprint density at radius 1 is 1.42 bits per heavy atom. The van der Waals surface area contributed by atoms with Crippen molar-refractivity contribution in [2.75, 3.05) is 13.1 Å². The fraction of sp³-hybridized carbons (Fsp3) is 0.462. The van der Waals surface area contributed by atoms with Crippen LogP contribution in [-0.4, -0.2) is 29.8 Å². The molecule has 104 valence electrons. The summed E-state index contributed by atoms with van der Waals surface area (Å²) in [7, 11) is 0. The van der Waals surface area contributed by atoms with Crippen LogP contribution in [0.3, 0.4) is 0 Å². The van der Waals surface area contributed by atoms with E-state index in [-0.39, 0.29) is 24.9 Å². The molecule has 1 aromatic carbocycles. The Morgan fingerprint density at radius 3 is 2.74 bits per heavy atom. The van der Waals surface area contributed by atoms with Gasteiger partial charge < -0.3 is 4.90 Å². The summed E-state index contributed by atoms with van der Waals surface area (Å²) in [6.45, 7) is 1.30. The van der Waals surface area contributed by atoms with Gasteiger partial charge in [-0.2, -0.15) is 0 Å². The second-order valence-electron chi connectivity index (χ2n) is 4.74. The van der Waals surface area contributed by atoms with Crippen molar-refractivity contribution in [3.63, 3.8) is 0 Å². The largest absolute Gasteiger partial charge is 0.332 e. The molecule has 2 nitrogen and oxygen atoms in total. The summed E-state index contributed by atoms with van der Waals surface area (Å²) in [4.78, 5) is 13.2. The molecule has 2 rings (SSSR count). The Hall–Kier alpha value is -1.04. The number of rotatable bonds is 1. The molecule has 0 saturated carbocycles. The van der Waals surface area contributed by atoms with Gasteiger partial charge in [0.05, 0.1) is 12.1 Å². The Kier molecular flexibility index (Phi) is 3.90. The van der Waals surface area contributed by atoms with E-state index in [9.17, 15) is 18.0 Å². The minimum Gasteiger partial charge on any atom is -0.332 e. The maximum absolute atomic E-state index is 13.8. The fourth-order valence-corrected chi connectivity index (χ4v) is 2.64. The fourth-order valence-electron chi connectivity index (χ4n) is 2.15. The van der Waals surface area contributed by atoms with Crippen molar-refractivity contribution >= 4 is 21.8 Å². The van der Waals surface area contributed by atoms with E-state index in [2.05, 4.69) is 15.9 Å². The van der Waals surface area contributed by atoms with Crippen LogP contribution in [-0.2, 0) is 0 Å². The van der Waals surface area contributed by atoms with Crippen molar-refractivity contribution in [1.82, 2.24) is 4.90 Å². The zero-order valence-electron chi connectivity index (χ0n) is 10.4. The molecule has 1 heterocycles. The Morgan fingerprint density at radius 2 is 2.11 bits per heavy atom. The van der Waals surface area contributed by atoms with Gasteiger partial charge in [0.15, 0.2) is 0 Å². The number of carbonyl (C=O) groups is 1. The number of amides is 1. The van der Waals surface area contributed by atoms with Crippen molar-refractivity contribution in [3.05, 3.63) is 33.5 Å². The van der Waals surface area contributed by atoms with Crippen LogP contribution in [0.5, 0.6) is 0 Å². The molecule has 0 N–H and O–H groups in total. The molecule has 0 aliphatic carbocycles. The molecule has 1 fully saturated rings. The van der Waals surface area contributed by atoms with E-state index in [0.717, 1.165) is 4.90 Å². The number of likely N-dealkylation sites (tertiary alicyclic amines) is 1. The van der Waals surface area contributed by atoms with Crippen LogP contribution in [0.2, 0.25) is 0 Å². The van der Waals surface area contributed by atoms with E-state index in [1.54, 1.807) is 6.92 Å². The molecule has 1 aliphatic heterocycles. The first-order chi connectivity index (χ1) is 8.82. The smallest absolute Gasteiger partial charge is 0.265 e. The van der Waals surface area contributed by atoms with Crippen molar-refractivity contribution in [2.45, 2.75) is 25.7 Å². The molecule has 1 amide bonds. The molecule has 0 radical (unpaired) electrons. The van der Waals surface area contributed by atoms with Crippen molar-refractivity contribution in [2.24, 2.45) is 0 Å². The Bertz CT molecular complexity index is 519. The lowest BCUT2D eigenvalue weighted by Crippen LogP contribution is -2.46. The van der Waals surface area contributed by atoms with Gasteiger partial charge in [-0.25, -0.2) is 13.2 Å². The van der Waals surface area contributed by atoms with E-state index in [1.807, 2.05) is 0 Å². The minimum atomic E-state index is -2.89. The highest BCUT2D eigenvalue weighted by Gasteiger charge is 2.38. The number of halogens is 4. The van der Waals surface area contributed by atoms with Gasteiger partial charge in [-0.05, 0) is 40.9 Å². The number of aryl methyl sites for hydroxylation is 1. The van der Waals surface area contributed by atoms with Crippen LogP contribution in [0.25, 0.3) is 0 Å². The number of carbonyl (C=O) groups excluding carboxylic acids is 1. The van der Waals surface area contributed by atoms with Crippen LogP contribution in [0, 0.1) is 12.7 Å². The van der Waals surface area contributed by atoms with E-state index >= 15 is 0 Å². The van der Waals surface area contributed by atoms with Crippen LogP contribution < -0.4 is 0 Å². The second-order valence-corrected chi connectivity index (χ2v) is 5.53. The normalized spacial score (nSPS) is 18.5. The number of nitrogens with zero attached hydrogens (tertiary/aromatic N) is 1. The molecule has 1 aromatic rings. The number of hydrogen-bond acceptors (Lipinski definition) is 1. The molecule has 19 heavy (non-hydrogen) atoms. The SMILES string of the molecule is Cc1ccc(F)c(C(=O)N2CCCC(F)(F)C2)c1Br. The molecule has 0 aromatic heterocycles. The van der Waals surface area contributed by atoms with E-state index in [1.165, 1.54) is 12.1 Å². The molecular weight excluding hydrogens is 323 g/mol. The molecule has 1 saturated heterocycles. The number of benzene rings is 1. The first kappa shape index (κ1) is 14.4. The van der Waals surface area contributed by atoms with Crippen molar-refractivity contribution < 1.29 is 18.0 Å². The Labute approximate surface area is 117 Å². The van der Waals surface area contributed by atoms with Crippen LogP contribution in [0.4, 0.5) is 13.2 Å². The van der Waals surface area contributed by atoms with Crippen LogP contribution in [0.1, 0.15) is 28.8 Å². The highest BCUT2D eigenvalue weighted by Crippen LogP contribution is 2.30. The number of alkyl halides is 2. The maximum atomic E-state index is 13.8. The highest BCUT2D eigenvalue weighted by molar-refractivity contribution is 9.10. The van der Waals surface area contributed by atoms with Crippen LogP contribution in [0.15, 0.2) is 16.6 Å². The summed E-state index contributed by atoms with van der Waals surface area (Å²) in [5.74, 6) is -4.27. The minimum absolute atomic E-state index is 0.169. The van der Waals surface area contributed by atoms with Crippen molar-refractivity contribution in [1.29, 1.82) is 0 Å². The highest BCUT2D eigenvalue weighted by atomic mass is 79.9. The third kappa shape index (κ3) is 2.94. The molecule has 1 aliphatic rings. The van der Waals surface area contributed by atoms with Gasteiger partial charge in [-0.3, -0.25) is 4.79 Å². The van der Waals surface area contributed by atoms with E-state index in [4.69, 9.17) is 0 Å². The van der Waals surface area contributed by atoms with E-state index < -0.39 is 24.2 Å². The summed E-state index contributed by atoms with van der Waals surface area (Å²) < 4.78 is 40.7. The molecule has 0 bridgehead atoms. The first-order valence-corrected chi connectivity index (χ1v) is 6.73. The summed E-state index contributed by atoms with van der Waals surface area (Å²) >= 11 is 3.15. The topological polar surface area (TPSA) is 20.3 Å². The monoisotopic (exact) mass is 335 g/mol. The summed E-state index contributed by atoms with van der Waals surface area (Å²) in [5, 5.41) is 0. The van der Waals surface area contributed by atoms with Crippen LogP contribution >= 0.6 is 15.9 Å². The number of hydrogen-bond donors (Lipinski definition) is 0. The van der Waals surface area contributed by atoms with Gasteiger partial charge in [0.1, 0.15) is 5.82 Å². The molecule has 6 heteroatoms. The first-order valence-electron chi connectivity index (χ1n) is 5.93. The predicted octanol–water partition coefficient (Wildman–Crippen LogP) is 3.77. The van der Waals surface area contributed by atoms with Gasteiger partial charge in [0, 0.05) is 17.4 Å². The van der Waals surface area contributed by atoms with Gasteiger partial charge in [-0.1, -0.05) is 6.07 Å². The lowest BCUT2D eigenvalue weighted by molar-refractivity contribution is -0.0561. The van der Waals surface area contributed by atoms with Gasteiger partial charge >= 0.3 is 0 Å². The third-order valence-electron chi connectivity index (χ3n) is 3.18. The number of piperidine rings is 1. The standard InChI is InChI=1S/C13H13BrF3NO/c1-8-3-4-9(15)10(11(8)14)12(19)18-6-2-5-13(16,17)7-18/h3-4H,2,5-7H2,1H3. The molecular formula is C13H13BrF3NO. The lowest BCUT2D eigenvalue weighted by atomic mass is 10.0. The summed E-state index contributed by atoms with van der Waals surface area (Å²) in [5.41, 5.74) is 0.520. The van der Waals surface area contributed by atoms with Crippen molar-refractivity contribution in [3.8, 4) is 0 Å². The summed E-state index contributed by atoms with van der Waals surface area (Å²) in [6, 6.07) is 2.70. The average Bonchev–Trinajstić information content (AvgIpc) is 2.33. The lowest BCUT2D eigenvalue weighted by Gasteiger charge is -2.32.